The fourth-order valence-corrected chi connectivity index (χ4v) is 9.20. The highest BCUT2D eigenvalue weighted by Crippen LogP contribution is 2.38. The first-order chi connectivity index (χ1) is 22.7. The Kier molecular flexibility index (Phi) is 9.93. The van der Waals surface area contributed by atoms with Crippen molar-refractivity contribution in [2.24, 2.45) is 0 Å². The number of nitrogens with one attached hydrogen (secondary N) is 2. The van der Waals surface area contributed by atoms with Gasteiger partial charge in [0.2, 0.25) is 0 Å². The number of fused-ring (bicyclic) bond motifs is 6. The maximum absolute atomic E-state index is 3.76. The number of hydrogen-bond donors (Lipinski definition) is 2. The van der Waals surface area contributed by atoms with E-state index in [1.165, 1.54) is 164 Å². The molecule has 0 aliphatic heterocycles. The fourth-order valence-electron chi connectivity index (χ4n) is 7.11. The Balaban J connectivity index is 1.07. The number of aryl methyl sites for hydroxylation is 2. The monoisotopic (exact) mass is 644 g/mol. The molecule has 0 saturated carbocycles. The lowest BCUT2D eigenvalue weighted by Crippen LogP contribution is -1.82. The summed E-state index contributed by atoms with van der Waals surface area (Å²) in [5, 5.41) is 5.15. The first-order valence-corrected chi connectivity index (χ1v) is 19.5. The minimum Gasteiger partial charge on any atom is -0.354 e. The number of H-pyrrole nitrogens is 2. The molecule has 2 nitrogen and oxygen atoms in total. The summed E-state index contributed by atoms with van der Waals surface area (Å²) in [4.78, 5) is 13.3. The molecule has 0 radical (unpaired) electrons. The second-order valence-corrected chi connectivity index (χ2v) is 15.6. The molecule has 0 fully saturated rings. The number of unbranched alkanes of at least 4 members (excludes halogenated alkanes) is 10. The van der Waals surface area contributed by atoms with Crippen LogP contribution in [0.5, 0.6) is 0 Å². The summed E-state index contributed by atoms with van der Waals surface area (Å²) in [5.41, 5.74) is 7.46. The smallest absolute Gasteiger partial charge is 0.0472 e. The molecular formula is C42H48N2S2. The molecule has 4 heterocycles. The summed E-state index contributed by atoms with van der Waals surface area (Å²) < 4.78 is 0. The van der Waals surface area contributed by atoms with E-state index in [0.717, 1.165) is 0 Å². The van der Waals surface area contributed by atoms with E-state index in [9.17, 15) is 0 Å². The van der Waals surface area contributed by atoms with Crippen LogP contribution in [0.3, 0.4) is 0 Å². The molecule has 4 heteroatoms. The highest BCUT2D eigenvalue weighted by Gasteiger charge is 2.13. The molecule has 0 unspecified atom stereocenters. The second-order valence-electron chi connectivity index (χ2n) is 13.3. The zero-order valence-corrected chi connectivity index (χ0v) is 29.3. The Labute approximate surface area is 282 Å². The number of aromatic nitrogens is 2. The number of thiophene rings is 2. The van der Waals surface area contributed by atoms with Crippen LogP contribution in [0.4, 0.5) is 0 Å². The van der Waals surface area contributed by atoms with Gasteiger partial charge in [-0.3, -0.25) is 0 Å². The maximum atomic E-state index is 3.76. The summed E-state index contributed by atoms with van der Waals surface area (Å²) in [6.45, 7) is 4.57. The van der Waals surface area contributed by atoms with Crippen molar-refractivity contribution in [3.63, 3.8) is 0 Å². The Morgan fingerprint density at radius 1 is 0.413 bits per heavy atom. The van der Waals surface area contributed by atoms with E-state index < -0.39 is 0 Å². The quantitative estimate of drug-likeness (QED) is 0.0981. The van der Waals surface area contributed by atoms with Crippen LogP contribution in [-0.2, 0) is 12.8 Å². The minimum absolute atomic E-state index is 1.21. The molecule has 7 aromatic rings. The molecule has 0 aliphatic rings. The zero-order valence-electron chi connectivity index (χ0n) is 27.6. The molecule has 2 N–H and O–H groups in total. The van der Waals surface area contributed by atoms with Crippen molar-refractivity contribution in [3.8, 4) is 20.9 Å². The van der Waals surface area contributed by atoms with Crippen LogP contribution >= 0.6 is 22.7 Å². The molecule has 7 rings (SSSR count). The second kappa shape index (κ2) is 14.6. The topological polar surface area (TPSA) is 31.6 Å². The molecule has 46 heavy (non-hydrogen) atoms. The number of benzene rings is 3. The third-order valence-corrected chi connectivity index (χ3v) is 12.1. The van der Waals surface area contributed by atoms with Crippen molar-refractivity contribution in [1.82, 2.24) is 9.97 Å². The summed E-state index contributed by atoms with van der Waals surface area (Å²) in [6, 6.07) is 27.9. The van der Waals surface area contributed by atoms with E-state index in [0.29, 0.717) is 0 Å². The summed E-state index contributed by atoms with van der Waals surface area (Å²) in [6.07, 6.45) is 18.7. The van der Waals surface area contributed by atoms with Crippen LogP contribution in [0, 0.1) is 0 Å². The van der Waals surface area contributed by atoms with Crippen molar-refractivity contribution in [3.05, 3.63) is 82.6 Å². The van der Waals surface area contributed by atoms with Gasteiger partial charge >= 0.3 is 0 Å². The predicted octanol–water partition coefficient (Wildman–Crippen LogP) is 14.2. The van der Waals surface area contributed by atoms with Crippen LogP contribution in [0.1, 0.15) is 101 Å². The van der Waals surface area contributed by atoms with E-state index >= 15 is 0 Å². The highest BCUT2D eigenvalue weighted by atomic mass is 32.1. The molecule has 4 aromatic heterocycles. The zero-order chi connectivity index (χ0) is 31.3. The van der Waals surface area contributed by atoms with Crippen LogP contribution in [0.2, 0.25) is 0 Å². The van der Waals surface area contributed by atoms with Gasteiger partial charge in [-0.2, -0.15) is 0 Å². The normalized spacial score (nSPS) is 12.0. The number of aromatic amines is 2. The molecule has 238 valence electrons. The van der Waals surface area contributed by atoms with E-state index in [4.69, 9.17) is 0 Å². The van der Waals surface area contributed by atoms with Gasteiger partial charge in [0.15, 0.2) is 0 Å². The standard InChI is InChI=1S/C42H48N2S2/c1-3-5-7-9-11-13-15-31-19-23-41(45-31)29-17-21-33-35-27-40-36(28-39(35)43-37(33)25-29)34-22-18-30(26-38(34)44-40)42-24-20-32(46-42)16-14-12-10-8-6-4-2/h17-28,43-44H,3-16H2,1-2H3. The van der Waals surface area contributed by atoms with E-state index in [1.54, 1.807) is 0 Å². The van der Waals surface area contributed by atoms with Crippen LogP contribution in [0.25, 0.3) is 64.5 Å². The predicted molar refractivity (Wildman–Crippen MR) is 206 cm³/mol. The average molecular weight is 645 g/mol. The lowest BCUT2D eigenvalue weighted by atomic mass is 10.1. The molecule has 0 atom stereocenters. The third kappa shape index (κ3) is 6.85. The maximum Gasteiger partial charge on any atom is 0.0472 e. The van der Waals surface area contributed by atoms with Gasteiger partial charge in [0.05, 0.1) is 0 Å². The van der Waals surface area contributed by atoms with Crippen molar-refractivity contribution in [2.45, 2.75) is 104 Å². The average Bonchev–Trinajstić information content (AvgIpc) is 3.87. The molecular weight excluding hydrogens is 597 g/mol. The molecule has 0 saturated heterocycles. The van der Waals surface area contributed by atoms with E-state index in [2.05, 4.69) is 96.6 Å². The summed E-state index contributed by atoms with van der Waals surface area (Å²) in [5.74, 6) is 0. The molecule has 0 aliphatic carbocycles. The molecule has 0 bridgehead atoms. The van der Waals surface area contributed by atoms with Crippen LogP contribution in [-0.4, -0.2) is 9.97 Å². The Hall–Kier alpha value is -3.34. The third-order valence-electron chi connectivity index (χ3n) is 9.76. The Morgan fingerprint density at radius 3 is 1.28 bits per heavy atom. The van der Waals surface area contributed by atoms with Crippen molar-refractivity contribution in [1.29, 1.82) is 0 Å². The summed E-state index contributed by atoms with van der Waals surface area (Å²) in [7, 11) is 0. The minimum atomic E-state index is 1.21. The lowest BCUT2D eigenvalue weighted by molar-refractivity contribution is 0.609. The van der Waals surface area contributed by atoms with Gasteiger partial charge in [-0.05, 0) is 85.3 Å². The van der Waals surface area contributed by atoms with Crippen LogP contribution in [0.15, 0.2) is 72.8 Å². The highest BCUT2D eigenvalue weighted by molar-refractivity contribution is 7.15. The summed E-state index contributed by atoms with van der Waals surface area (Å²) >= 11 is 3.93. The van der Waals surface area contributed by atoms with E-state index in [1.807, 2.05) is 22.7 Å². The van der Waals surface area contributed by atoms with E-state index in [-0.39, 0.29) is 0 Å². The largest absolute Gasteiger partial charge is 0.354 e. The van der Waals surface area contributed by atoms with Gasteiger partial charge in [0.1, 0.15) is 0 Å². The Bertz CT molecular complexity index is 1900. The van der Waals surface area contributed by atoms with Crippen LogP contribution < -0.4 is 0 Å². The van der Waals surface area contributed by atoms with Crippen molar-refractivity contribution in [2.75, 3.05) is 0 Å². The lowest BCUT2D eigenvalue weighted by Gasteiger charge is -2.00. The van der Waals surface area contributed by atoms with Gasteiger partial charge in [-0.15, -0.1) is 22.7 Å². The van der Waals surface area contributed by atoms with Crippen molar-refractivity contribution < 1.29 is 0 Å². The van der Waals surface area contributed by atoms with Gasteiger partial charge < -0.3 is 9.97 Å². The Morgan fingerprint density at radius 2 is 0.826 bits per heavy atom. The molecule has 3 aromatic carbocycles. The fraction of sp³-hybridized carbons (Fsp3) is 0.381. The van der Waals surface area contributed by atoms with Gasteiger partial charge in [-0.25, -0.2) is 0 Å². The SMILES string of the molecule is CCCCCCCCc1ccc(-c2ccc3c(c2)[nH]c2cc4c(cc23)[nH]c2cc(-c3ccc(CCCCCCCC)s3)ccc24)s1. The number of hydrogen-bond acceptors (Lipinski definition) is 2. The number of rotatable bonds is 16. The van der Waals surface area contributed by atoms with Gasteiger partial charge in [0, 0.05) is 63.1 Å². The van der Waals surface area contributed by atoms with Crippen molar-refractivity contribution >= 4 is 66.3 Å². The van der Waals surface area contributed by atoms with Gasteiger partial charge in [-0.1, -0.05) is 102 Å². The molecule has 0 spiro atoms. The molecule has 0 amide bonds. The first kappa shape index (κ1) is 31.3. The first-order valence-electron chi connectivity index (χ1n) is 17.9. The van der Waals surface area contributed by atoms with Gasteiger partial charge in [0.25, 0.3) is 0 Å².